The van der Waals surface area contributed by atoms with Crippen molar-refractivity contribution in [3.8, 4) is 0 Å². The number of hydrogen-bond donors (Lipinski definition) is 3. The summed E-state index contributed by atoms with van der Waals surface area (Å²) in [5, 5.41) is 6.27. The van der Waals surface area contributed by atoms with Crippen LogP contribution < -0.4 is 16.2 Å². The van der Waals surface area contributed by atoms with Crippen LogP contribution in [0.3, 0.4) is 0 Å². The van der Waals surface area contributed by atoms with E-state index in [1.807, 2.05) is 50.2 Å². The average Bonchev–Trinajstić information content (AvgIpc) is 2.97. The first kappa shape index (κ1) is 18.2. The lowest BCUT2D eigenvalue weighted by molar-refractivity contribution is 0.0917. The summed E-state index contributed by atoms with van der Waals surface area (Å²) < 4.78 is 10.9. The Hall–Kier alpha value is -2.64. The predicted molar refractivity (Wildman–Crippen MR) is 106 cm³/mol. The second-order valence-electron chi connectivity index (χ2n) is 6.13. The topological polar surface area (TPSA) is 75.5 Å². The molecular formula is C19H21N3O3S. The zero-order chi connectivity index (χ0) is 18.7. The van der Waals surface area contributed by atoms with Crippen LogP contribution >= 0.6 is 12.2 Å². The van der Waals surface area contributed by atoms with Gasteiger partial charge in [0.1, 0.15) is 5.58 Å². The third-order valence-electron chi connectivity index (χ3n) is 4.12. The van der Waals surface area contributed by atoms with Crippen LogP contribution in [-0.4, -0.2) is 30.8 Å². The Morgan fingerprint density at radius 1 is 1.19 bits per heavy atom. The molecule has 0 fully saturated rings. The quantitative estimate of drug-likeness (QED) is 0.483. The number of fused-ring (bicyclic) bond motifs is 3. The van der Waals surface area contributed by atoms with E-state index in [9.17, 15) is 4.79 Å². The number of carbonyl (C=O) groups excluding carboxylic acids is 1. The van der Waals surface area contributed by atoms with Crippen molar-refractivity contribution in [3.63, 3.8) is 0 Å². The van der Waals surface area contributed by atoms with Gasteiger partial charge >= 0.3 is 5.91 Å². The number of hydrogen-bond acceptors (Lipinski definition) is 4. The van der Waals surface area contributed by atoms with Crippen molar-refractivity contribution in [2.75, 3.05) is 13.7 Å². The molecule has 0 aliphatic rings. The van der Waals surface area contributed by atoms with Crippen LogP contribution in [0.1, 0.15) is 23.0 Å². The van der Waals surface area contributed by atoms with Gasteiger partial charge < -0.3 is 14.5 Å². The molecule has 3 rings (SSSR count). The van der Waals surface area contributed by atoms with Gasteiger partial charge in [0.25, 0.3) is 0 Å². The van der Waals surface area contributed by atoms with Crippen LogP contribution in [0.5, 0.6) is 0 Å². The third kappa shape index (κ3) is 3.63. The van der Waals surface area contributed by atoms with Crippen LogP contribution in [0.25, 0.3) is 21.7 Å². The zero-order valence-corrected chi connectivity index (χ0v) is 15.7. The minimum atomic E-state index is -0.383. The maximum Gasteiger partial charge on any atom is 0.305 e. The molecule has 0 bridgehead atoms. The molecule has 0 aliphatic heterocycles. The van der Waals surface area contributed by atoms with Crippen molar-refractivity contribution < 1.29 is 13.9 Å². The van der Waals surface area contributed by atoms with Gasteiger partial charge in [0.15, 0.2) is 10.9 Å². The molecule has 0 aliphatic carbocycles. The van der Waals surface area contributed by atoms with Crippen LogP contribution in [0.2, 0.25) is 0 Å². The Labute approximate surface area is 156 Å². The minimum absolute atomic E-state index is 0.0243. The summed E-state index contributed by atoms with van der Waals surface area (Å²) in [6, 6.07) is 11.9. The van der Waals surface area contributed by atoms with Crippen LogP contribution in [-0.2, 0) is 4.74 Å². The number of ether oxygens (including phenoxy) is 1. The molecule has 0 saturated heterocycles. The van der Waals surface area contributed by atoms with E-state index in [2.05, 4.69) is 16.2 Å². The Bertz CT molecular complexity index is 967. The molecule has 0 spiro atoms. The molecule has 1 aromatic heterocycles. The molecular weight excluding hydrogens is 350 g/mol. The number of furan rings is 1. The van der Waals surface area contributed by atoms with Crippen molar-refractivity contribution in [1.29, 1.82) is 0 Å². The molecule has 0 saturated carbocycles. The van der Waals surface area contributed by atoms with Crippen molar-refractivity contribution in [3.05, 3.63) is 47.7 Å². The summed E-state index contributed by atoms with van der Waals surface area (Å²) in [6.45, 7) is 4.30. The summed E-state index contributed by atoms with van der Waals surface area (Å²) >= 11 is 5.15. The number of hydrazine groups is 1. The van der Waals surface area contributed by atoms with E-state index in [1.165, 1.54) is 0 Å². The number of benzene rings is 2. The number of aryl methyl sites for hydroxylation is 1. The van der Waals surface area contributed by atoms with Gasteiger partial charge in [-0.2, -0.15) is 0 Å². The second kappa shape index (κ2) is 7.72. The van der Waals surface area contributed by atoms with Gasteiger partial charge in [-0.05, 0) is 31.5 Å². The van der Waals surface area contributed by atoms with Crippen molar-refractivity contribution >= 4 is 45.0 Å². The summed E-state index contributed by atoms with van der Waals surface area (Å²) in [5.74, 6) is -0.122. The molecule has 1 heterocycles. The molecule has 2 aromatic carbocycles. The van der Waals surface area contributed by atoms with Crippen LogP contribution in [0.4, 0.5) is 0 Å². The summed E-state index contributed by atoms with van der Waals surface area (Å²) in [4.78, 5) is 12.5. The molecule has 1 amide bonds. The van der Waals surface area contributed by atoms with Gasteiger partial charge in [-0.3, -0.25) is 15.6 Å². The second-order valence-corrected chi connectivity index (χ2v) is 6.54. The SMILES string of the molecule is COC[C@@H](C)NC(=S)NNC(=O)c1oc2c(ccc3ccccc32)c1C. The van der Waals surface area contributed by atoms with Crippen LogP contribution in [0.15, 0.2) is 40.8 Å². The van der Waals surface area contributed by atoms with E-state index in [-0.39, 0.29) is 17.7 Å². The number of nitrogens with one attached hydrogen (secondary N) is 3. The minimum Gasteiger partial charge on any atom is -0.450 e. The lowest BCUT2D eigenvalue weighted by atomic mass is 10.1. The van der Waals surface area contributed by atoms with E-state index in [1.54, 1.807) is 7.11 Å². The predicted octanol–water partition coefficient (Wildman–Crippen LogP) is 3.04. The highest BCUT2D eigenvalue weighted by Gasteiger charge is 2.19. The number of rotatable bonds is 4. The van der Waals surface area contributed by atoms with E-state index >= 15 is 0 Å². The molecule has 26 heavy (non-hydrogen) atoms. The van der Waals surface area contributed by atoms with E-state index in [0.717, 1.165) is 21.7 Å². The molecule has 3 N–H and O–H groups in total. The average molecular weight is 371 g/mol. The summed E-state index contributed by atoms with van der Waals surface area (Å²) in [7, 11) is 1.62. The standard InChI is InChI=1S/C19H21N3O3S/c1-11(10-24-3)20-19(26)22-21-18(23)16-12(2)14-9-8-13-6-4-5-7-15(13)17(14)25-16/h4-9,11H,10H2,1-3H3,(H,21,23)(H2,20,22,26)/t11-/m1/s1. The molecule has 0 radical (unpaired) electrons. The van der Waals surface area contributed by atoms with Gasteiger partial charge in [0.05, 0.1) is 6.61 Å². The fourth-order valence-electron chi connectivity index (χ4n) is 2.89. The Morgan fingerprint density at radius 2 is 1.96 bits per heavy atom. The molecule has 0 unspecified atom stereocenters. The Kier molecular flexibility index (Phi) is 5.39. The first-order valence-electron chi connectivity index (χ1n) is 8.28. The Balaban J connectivity index is 1.77. The lowest BCUT2D eigenvalue weighted by Gasteiger charge is -2.16. The van der Waals surface area contributed by atoms with Crippen molar-refractivity contribution in [1.82, 2.24) is 16.2 Å². The van der Waals surface area contributed by atoms with Crippen LogP contribution in [0, 0.1) is 6.92 Å². The summed E-state index contributed by atoms with van der Waals surface area (Å²) in [6.07, 6.45) is 0. The fourth-order valence-corrected chi connectivity index (χ4v) is 3.14. The third-order valence-corrected chi connectivity index (χ3v) is 4.34. The molecule has 3 aromatic rings. The first-order chi connectivity index (χ1) is 12.5. The first-order valence-corrected chi connectivity index (χ1v) is 8.68. The highest BCUT2D eigenvalue weighted by Crippen LogP contribution is 2.31. The molecule has 1 atom stereocenters. The van der Waals surface area contributed by atoms with Gasteiger partial charge in [-0.25, -0.2) is 0 Å². The van der Waals surface area contributed by atoms with E-state index in [0.29, 0.717) is 17.3 Å². The van der Waals surface area contributed by atoms with E-state index < -0.39 is 0 Å². The Morgan fingerprint density at radius 3 is 2.73 bits per heavy atom. The highest BCUT2D eigenvalue weighted by atomic mass is 32.1. The van der Waals surface area contributed by atoms with Crippen molar-refractivity contribution in [2.45, 2.75) is 19.9 Å². The van der Waals surface area contributed by atoms with Gasteiger partial charge in [0, 0.05) is 29.5 Å². The summed E-state index contributed by atoms with van der Waals surface area (Å²) in [5.41, 5.74) is 6.75. The number of thiocarbonyl (C=S) groups is 1. The number of amides is 1. The van der Waals surface area contributed by atoms with Gasteiger partial charge in [-0.1, -0.05) is 36.4 Å². The highest BCUT2D eigenvalue weighted by molar-refractivity contribution is 7.80. The zero-order valence-electron chi connectivity index (χ0n) is 14.9. The number of methoxy groups -OCH3 is 1. The fraction of sp³-hybridized carbons (Fsp3) is 0.263. The van der Waals surface area contributed by atoms with Gasteiger partial charge in [-0.15, -0.1) is 0 Å². The monoisotopic (exact) mass is 371 g/mol. The maximum absolute atomic E-state index is 12.5. The van der Waals surface area contributed by atoms with E-state index in [4.69, 9.17) is 21.4 Å². The normalized spacial score (nSPS) is 12.1. The maximum atomic E-state index is 12.5. The van der Waals surface area contributed by atoms with Gasteiger partial charge in [0.2, 0.25) is 0 Å². The van der Waals surface area contributed by atoms with Crippen molar-refractivity contribution in [2.24, 2.45) is 0 Å². The molecule has 136 valence electrons. The smallest absolute Gasteiger partial charge is 0.305 e. The molecule has 7 heteroatoms. The molecule has 6 nitrogen and oxygen atoms in total. The lowest BCUT2D eigenvalue weighted by Crippen LogP contribution is -2.50. The number of carbonyl (C=O) groups is 1. The largest absolute Gasteiger partial charge is 0.450 e.